The summed E-state index contributed by atoms with van der Waals surface area (Å²) < 4.78 is 0. The second-order valence-electron chi connectivity index (χ2n) is 4.65. The monoisotopic (exact) mass is 247 g/mol. The van der Waals surface area contributed by atoms with Crippen LogP contribution in [0.4, 0.5) is 5.69 Å². The number of nitrogens with zero attached hydrogens (tertiary/aromatic N) is 1. The van der Waals surface area contributed by atoms with Crippen LogP contribution in [0.2, 0.25) is 0 Å². The van der Waals surface area contributed by atoms with E-state index in [1.165, 1.54) is 0 Å². The third kappa shape index (κ3) is 2.61. The van der Waals surface area contributed by atoms with Crippen molar-refractivity contribution in [1.82, 2.24) is 0 Å². The highest BCUT2D eigenvalue weighted by Crippen LogP contribution is 2.37. The summed E-state index contributed by atoms with van der Waals surface area (Å²) >= 11 is 0. The second-order valence-corrected chi connectivity index (χ2v) is 4.65. The number of nitrogens with two attached hydrogens (primary N) is 1. The molecular formula is C13H17N3O2. The fourth-order valence-corrected chi connectivity index (χ4v) is 1.93. The molecule has 1 aliphatic carbocycles. The van der Waals surface area contributed by atoms with E-state index >= 15 is 0 Å². The average molecular weight is 247 g/mol. The van der Waals surface area contributed by atoms with Crippen molar-refractivity contribution in [2.45, 2.75) is 19.8 Å². The SMILES string of the molecule is CC(C(=O)Nc1ccccc1/C(N)=N/O)C1CC1. The number of rotatable bonds is 4. The predicted molar refractivity (Wildman–Crippen MR) is 69.5 cm³/mol. The maximum Gasteiger partial charge on any atom is 0.227 e. The quantitative estimate of drug-likeness (QED) is 0.328. The Bertz CT molecular complexity index is 481. The molecule has 1 aromatic carbocycles. The molecule has 5 nitrogen and oxygen atoms in total. The fourth-order valence-electron chi connectivity index (χ4n) is 1.93. The first-order valence-electron chi connectivity index (χ1n) is 6.01. The number of amidine groups is 1. The molecule has 0 aromatic heterocycles. The van der Waals surface area contributed by atoms with Crippen molar-refractivity contribution in [2.24, 2.45) is 22.7 Å². The summed E-state index contributed by atoms with van der Waals surface area (Å²) in [6, 6.07) is 7.01. The molecule has 1 fully saturated rings. The van der Waals surface area contributed by atoms with Gasteiger partial charge in [-0.25, -0.2) is 0 Å². The van der Waals surface area contributed by atoms with E-state index < -0.39 is 0 Å². The largest absolute Gasteiger partial charge is 0.409 e. The van der Waals surface area contributed by atoms with E-state index in [-0.39, 0.29) is 17.7 Å². The Morgan fingerprint density at radius 1 is 1.50 bits per heavy atom. The van der Waals surface area contributed by atoms with Gasteiger partial charge < -0.3 is 16.3 Å². The molecule has 18 heavy (non-hydrogen) atoms. The van der Waals surface area contributed by atoms with Crippen LogP contribution in [0.1, 0.15) is 25.3 Å². The van der Waals surface area contributed by atoms with E-state index in [0.717, 1.165) is 12.8 Å². The number of amides is 1. The number of carbonyl (C=O) groups excluding carboxylic acids is 1. The van der Waals surface area contributed by atoms with Crippen molar-refractivity contribution in [3.63, 3.8) is 0 Å². The molecule has 0 radical (unpaired) electrons. The number of para-hydroxylation sites is 1. The molecule has 1 aromatic rings. The molecule has 0 aliphatic heterocycles. The average Bonchev–Trinajstić information content (AvgIpc) is 3.22. The topological polar surface area (TPSA) is 87.7 Å². The lowest BCUT2D eigenvalue weighted by molar-refractivity contribution is -0.119. The van der Waals surface area contributed by atoms with Crippen LogP contribution in [-0.4, -0.2) is 17.0 Å². The minimum Gasteiger partial charge on any atom is -0.409 e. The zero-order valence-corrected chi connectivity index (χ0v) is 10.3. The van der Waals surface area contributed by atoms with E-state index in [2.05, 4.69) is 10.5 Å². The molecule has 1 saturated carbocycles. The normalized spacial score (nSPS) is 17.3. The van der Waals surface area contributed by atoms with Gasteiger partial charge in [-0.05, 0) is 30.9 Å². The Hall–Kier alpha value is -2.04. The Kier molecular flexibility index (Phi) is 3.50. The Labute approximate surface area is 106 Å². The van der Waals surface area contributed by atoms with Crippen molar-refractivity contribution < 1.29 is 10.0 Å². The Morgan fingerprint density at radius 3 is 2.78 bits per heavy atom. The molecule has 0 bridgehead atoms. The van der Waals surface area contributed by atoms with Crippen molar-refractivity contribution >= 4 is 17.4 Å². The van der Waals surface area contributed by atoms with E-state index in [4.69, 9.17) is 10.9 Å². The summed E-state index contributed by atoms with van der Waals surface area (Å²) in [4.78, 5) is 12.0. The van der Waals surface area contributed by atoms with Crippen molar-refractivity contribution in [1.29, 1.82) is 0 Å². The van der Waals surface area contributed by atoms with E-state index in [1.54, 1.807) is 24.3 Å². The fraction of sp³-hybridized carbons (Fsp3) is 0.385. The molecule has 0 spiro atoms. The number of anilines is 1. The van der Waals surface area contributed by atoms with E-state index in [9.17, 15) is 4.79 Å². The molecule has 96 valence electrons. The molecule has 1 amide bonds. The highest BCUT2D eigenvalue weighted by molar-refractivity contribution is 6.05. The minimum atomic E-state index is -0.0179. The van der Waals surface area contributed by atoms with Gasteiger partial charge in [-0.3, -0.25) is 4.79 Å². The molecule has 0 saturated heterocycles. The second kappa shape index (κ2) is 5.08. The van der Waals surface area contributed by atoms with Crippen LogP contribution in [0, 0.1) is 11.8 Å². The van der Waals surface area contributed by atoms with Gasteiger partial charge in [-0.2, -0.15) is 0 Å². The van der Waals surface area contributed by atoms with Gasteiger partial charge in [-0.1, -0.05) is 24.2 Å². The maximum atomic E-state index is 12.0. The lowest BCUT2D eigenvalue weighted by Crippen LogP contribution is -2.24. The highest BCUT2D eigenvalue weighted by Gasteiger charge is 2.32. The Morgan fingerprint density at radius 2 is 2.17 bits per heavy atom. The van der Waals surface area contributed by atoms with Gasteiger partial charge in [0.1, 0.15) is 0 Å². The third-order valence-corrected chi connectivity index (χ3v) is 3.31. The lowest BCUT2D eigenvalue weighted by Gasteiger charge is -2.13. The number of carbonyl (C=O) groups is 1. The van der Waals surface area contributed by atoms with Gasteiger partial charge >= 0.3 is 0 Å². The van der Waals surface area contributed by atoms with Crippen LogP contribution < -0.4 is 11.1 Å². The number of hydrogen-bond donors (Lipinski definition) is 3. The maximum absolute atomic E-state index is 12.0. The molecule has 4 N–H and O–H groups in total. The molecule has 1 unspecified atom stereocenters. The van der Waals surface area contributed by atoms with Crippen LogP contribution in [0.5, 0.6) is 0 Å². The van der Waals surface area contributed by atoms with Gasteiger partial charge in [0, 0.05) is 11.5 Å². The first kappa shape index (κ1) is 12.4. The van der Waals surface area contributed by atoms with Gasteiger partial charge in [-0.15, -0.1) is 0 Å². The van der Waals surface area contributed by atoms with Crippen LogP contribution in [0.15, 0.2) is 29.4 Å². The molecule has 0 heterocycles. The van der Waals surface area contributed by atoms with Gasteiger partial charge in [0.25, 0.3) is 0 Å². The van der Waals surface area contributed by atoms with Gasteiger partial charge in [0.15, 0.2) is 5.84 Å². The first-order chi connectivity index (χ1) is 8.63. The summed E-state index contributed by atoms with van der Waals surface area (Å²) in [5, 5.41) is 14.5. The number of hydrogen-bond acceptors (Lipinski definition) is 3. The smallest absolute Gasteiger partial charge is 0.227 e. The summed E-state index contributed by atoms with van der Waals surface area (Å²) in [6.07, 6.45) is 2.24. The number of oxime groups is 1. The molecule has 5 heteroatoms. The summed E-state index contributed by atoms with van der Waals surface area (Å²) in [5.74, 6) is 0.479. The summed E-state index contributed by atoms with van der Waals surface area (Å²) in [6.45, 7) is 1.93. The van der Waals surface area contributed by atoms with Crippen LogP contribution >= 0.6 is 0 Å². The number of nitrogens with one attached hydrogen (secondary N) is 1. The van der Waals surface area contributed by atoms with E-state index in [0.29, 0.717) is 17.2 Å². The lowest BCUT2D eigenvalue weighted by atomic mass is 10.0. The van der Waals surface area contributed by atoms with Crippen molar-refractivity contribution in [3.05, 3.63) is 29.8 Å². The predicted octanol–water partition coefficient (Wildman–Crippen LogP) is 1.77. The number of benzene rings is 1. The van der Waals surface area contributed by atoms with Gasteiger partial charge in [0.2, 0.25) is 5.91 Å². The van der Waals surface area contributed by atoms with E-state index in [1.807, 2.05) is 6.92 Å². The molecular weight excluding hydrogens is 230 g/mol. The van der Waals surface area contributed by atoms with Crippen molar-refractivity contribution in [3.8, 4) is 0 Å². The minimum absolute atomic E-state index is 0.00495. The zero-order chi connectivity index (χ0) is 13.1. The van der Waals surface area contributed by atoms with Crippen molar-refractivity contribution in [2.75, 3.05) is 5.32 Å². The third-order valence-electron chi connectivity index (χ3n) is 3.31. The van der Waals surface area contributed by atoms with Gasteiger partial charge in [0.05, 0.1) is 5.69 Å². The van der Waals surface area contributed by atoms with Crippen LogP contribution in [0.3, 0.4) is 0 Å². The molecule has 1 aliphatic rings. The van der Waals surface area contributed by atoms with Crippen LogP contribution in [0.25, 0.3) is 0 Å². The molecule has 1 atom stereocenters. The summed E-state index contributed by atoms with van der Waals surface area (Å²) in [7, 11) is 0. The first-order valence-corrected chi connectivity index (χ1v) is 6.01. The Balaban J connectivity index is 2.15. The highest BCUT2D eigenvalue weighted by atomic mass is 16.4. The standard InChI is InChI=1S/C13H17N3O2/c1-8(9-6-7-9)13(17)15-11-5-3-2-4-10(11)12(14)16-18/h2-5,8-9,18H,6-7H2,1H3,(H2,14,16)(H,15,17). The summed E-state index contributed by atoms with van der Waals surface area (Å²) in [5.41, 5.74) is 6.67. The molecule has 2 rings (SSSR count). The zero-order valence-electron chi connectivity index (χ0n) is 10.3. The van der Waals surface area contributed by atoms with Crippen LogP contribution in [-0.2, 0) is 4.79 Å².